The number of aromatic nitrogens is 2. The molecule has 1 saturated carbocycles. The van der Waals surface area contributed by atoms with Crippen LogP contribution >= 0.6 is 0 Å². The third-order valence-electron chi connectivity index (χ3n) is 7.41. The van der Waals surface area contributed by atoms with Crippen molar-refractivity contribution in [1.29, 1.82) is 0 Å². The van der Waals surface area contributed by atoms with Crippen LogP contribution in [0.2, 0.25) is 0 Å². The van der Waals surface area contributed by atoms with Gasteiger partial charge in [0, 0.05) is 42.1 Å². The van der Waals surface area contributed by atoms with Gasteiger partial charge in [-0.25, -0.2) is 27.9 Å². The van der Waals surface area contributed by atoms with E-state index in [0.717, 1.165) is 12.1 Å². The number of aliphatic carboxylic acids is 1. The van der Waals surface area contributed by atoms with Gasteiger partial charge in [0.15, 0.2) is 11.6 Å². The maximum Gasteiger partial charge on any atom is 0.394 e. The van der Waals surface area contributed by atoms with Crippen LogP contribution in [-0.4, -0.2) is 56.7 Å². The molecule has 9 nitrogen and oxygen atoms in total. The summed E-state index contributed by atoms with van der Waals surface area (Å²) in [6.07, 6.45) is 1.68. The van der Waals surface area contributed by atoms with E-state index >= 15 is 4.39 Å². The van der Waals surface area contributed by atoms with Crippen LogP contribution in [0.1, 0.15) is 29.2 Å². The zero-order valence-electron chi connectivity index (χ0n) is 19.6. The van der Waals surface area contributed by atoms with Gasteiger partial charge in [-0.15, -0.1) is 0 Å². The summed E-state index contributed by atoms with van der Waals surface area (Å²) in [5.74, 6) is -12.6. The number of rotatable bonds is 3. The highest BCUT2D eigenvalue weighted by Crippen LogP contribution is 2.67. The topological polar surface area (TPSA) is 131 Å². The maximum absolute atomic E-state index is 15.4. The van der Waals surface area contributed by atoms with Gasteiger partial charge in [-0.05, 0) is 18.6 Å². The number of ether oxygens (including phenoxy) is 1. The van der Waals surface area contributed by atoms with Gasteiger partial charge in [0.25, 0.3) is 0 Å². The number of likely N-dealkylation sites (tertiary alicyclic amines) is 1. The minimum absolute atomic E-state index is 0.00909. The smallest absolute Gasteiger partial charge is 0.394 e. The number of hydrogen-bond acceptors (Lipinski definition) is 7. The molecule has 3 aliphatic rings. The summed E-state index contributed by atoms with van der Waals surface area (Å²) in [6.45, 7) is 0.317. The number of anilines is 1. The Labute approximate surface area is 215 Å². The van der Waals surface area contributed by atoms with Crippen molar-refractivity contribution in [3.63, 3.8) is 0 Å². The Balaban J connectivity index is 1.37. The van der Waals surface area contributed by atoms with Gasteiger partial charge < -0.3 is 20.5 Å². The predicted octanol–water partition coefficient (Wildman–Crippen LogP) is 3.17. The van der Waals surface area contributed by atoms with Crippen molar-refractivity contribution in [3.8, 4) is 11.5 Å². The lowest BCUT2D eigenvalue weighted by atomic mass is 9.94. The highest BCUT2D eigenvalue weighted by Gasteiger charge is 2.71. The van der Waals surface area contributed by atoms with E-state index < -0.39 is 63.9 Å². The van der Waals surface area contributed by atoms with Crippen LogP contribution in [0.3, 0.4) is 0 Å². The number of benzene rings is 2. The van der Waals surface area contributed by atoms with Gasteiger partial charge in [0.1, 0.15) is 23.7 Å². The summed E-state index contributed by atoms with van der Waals surface area (Å²) in [6, 6.07) is 2.65. The minimum Gasteiger partial charge on any atom is -0.474 e. The lowest BCUT2D eigenvalue weighted by Crippen LogP contribution is -2.35. The summed E-state index contributed by atoms with van der Waals surface area (Å²) < 4.78 is 75.4. The molecule has 0 bridgehead atoms. The molecular formula is C25H16F5N5O4. The minimum atomic E-state index is -1.79. The van der Waals surface area contributed by atoms with Gasteiger partial charge in [-0.2, -0.15) is 8.78 Å². The molecule has 3 N–H and O–H groups in total. The van der Waals surface area contributed by atoms with Crippen molar-refractivity contribution in [2.75, 3.05) is 18.8 Å². The molecule has 2 aliphatic heterocycles. The Morgan fingerprint density at radius 1 is 1.05 bits per heavy atom. The van der Waals surface area contributed by atoms with Crippen LogP contribution in [0.15, 0.2) is 35.6 Å². The number of nitrogens with two attached hydrogens (primary N) is 1. The van der Waals surface area contributed by atoms with Gasteiger partial charge in [0.2, 0.25) is 17.4 Å². The number of fused-ring (bicyclic) bond motifs is 5. The Kier molecular flexibility index (Phi) is 5.35. The Hall–Kier alpha value is -4.62. The first kappa shape index (κ1) is 24.7. The highest BCUT2D eigenvalue weighted by atomic mass is 19.2. The van der Waals surface area contributed by atoms with Crippen molar-refractivity contribution in [1.82, 2.24) is 14.9 Å². The maximum atomic E-state index is 15.4. The first-order valence-electron chi connectivity index (χ1n) is 11.5. The largest absolute Gasteiger partial charge is 0.474 e. The number of carboxylic acid groups (broad SMARTS) is 1. The predicted molar refractivity (Wildman–Crippen MR) is 123 cm³/mol. The van der Waals surface area contributed by atoms with Crippen molar-refractivity contribution >= 4 is 23.4 Å². The quantitative estimate of drug-likeness (QED) is 0.294. The Morgan fingerprint density at radius 2 is 1.77 bits per heavy atom. The summed E-state index contributed by atoms with van der Waals surface area (Å²) in [4.78, 5) is 37.5. The average molecular weight is 545 g/mol. The second kappa shape index (κ2) is 8.44. The van der Waals surface area contributed by atoms with E-state index in [1.807, 2.05) is 0 Å². The molecule has 1 amide bonds. The molecule has 200 valence electrons. The number of amides is 1. The SMILES string of the molecule is Nc1ncnc2c1C(c1ccc(Oc3c(F)c(F)cc(F)c3F)cc1F)=NC1C2C12CCN(C(=O)C(=O)O)C2. The molecule has 2 aromatic carbocycles. The van der Waals surface area contributed by atoms with Crippen LogP contribution < -0.4 is 10.5 Å². The normalized spacial score (nSPS) is 22.8. The van der Waals surface area contributed by atoms with E-state index in [9.17, 15) is 27.2 Å². The van der Waals surface area contributed by atoms with Gasteiger partial charge in [-0.3, -0.25) is 9.79 Å². The average Bonchev–Trinajstić information content (AvgIpc) is 3.29. The number of carbonyl (C=O) groups excluding carboxylic acids is 1. The molecule has 1 saturated heterocycles. The van der Waals surface area contributed by atoms with E-state index in [1.165, 1.54) is 17.3 Å². The van der Waals surface area contributed by atoms with Crippen LogP contribution in [0.25, 0.3) is 0 Å². The number of nitrogen functional groups attached to an aromatic ring is 1. The van der Waals surface area contributed by atoms with E-state index in [2.05, 4.69) is 9.97 Å². The molecule has 2 fully saturated rings. The molecule has 39 heavy (non-hydrogen) atoms. The van der Waals surface area contributed by atoms with Crippen LogP contribution in [0.4, 0.5) is 27.8 Å². The molecule has 0 radical (unpaired) electrons. The standard InChI is InChI=1S/C25H16F5N5O4/c26-11-5-9(39-20-16(29)12(27)6-13(28)17(20)30)1-2-10(11)18-14-19(32-8-33-22(14)31)15-21(34-18)25(15)3-4-35(7-25)23(36)24(37)38/h1-2,5-6,8,15,21H,3-4,7H2,(H,37,38)(H2,31,32,33). The molecular weight excluding hydrogens is 529 g/mol. The van der Waals surface area contributed by atoms with E-state index in [-0.39, 0.29) is 47.7 Å². The lowest BCUT2D eigenvalue weighted by Gasteiger charge is -2.18. The number of hydrogen-bond donors (Lipinski definition) is 2. The van der Waals surface area contributed by atoms with E-state index in [1.54, 1.807) is 0 Å². The first-order chi connectivity index (χ1) is 18.5. The second-order valence-electron chi connectivity index (χ2n) is 9.48. The summed E-state index contributed by atoms with van der Waals surface area (Å²) in [5, 5.41) is 9.09. The number of halogens is 5. The Morgan fingerprint density at radius 3 is 2.44 bits per heavy atom. The first-order valence-corrected chi connectivity index (χ1v) is 11.5. The van der Waals surface area contributed by atoms with Crippen molar-refractivity contribution in [3.05, 3.63) is 76.5 Å². The number of carbonyl (C=O) groups is 2. The van der Waals surface area contributed by atoms with Gasteiger partial charge in [-0.1, -0.05) is 0 Å². The monoisotopic (exact) mass is 545 g/mol. The fourth-order valence-corrected chi connectivity index (χ4v) is 5.56. The fraction of sp³-hybridized carbons (Fsp3) is 0.240. The van der Waals surface area contributed by atoms with Crippen LogP contribution in [0.5, 0.6) is 11.5 Å². The molecule has 3 aromatic rings. The molecule has 1 spiro atoms. The Bertz CT molecular complexity index is 1610. The molecule has 3 atom stereocenters. The molecule has 3 heterocycles. The molecule has 1 aliphatic carbocycles. The van der Waals surface area contributed by atoms with E-state index in [0.29, 0.717) is 12.1 Å². The second-order valence-corrected chi connectivity index (χ2v) is 9.48. The van der Waals surface area contributed by atoms with Crippen molar-refractivity contribution in [2.45, 2.75) is 18.4 Å². The van der Waals surface area contributed by atoms with Crippen molar-refractivity contribution < 1.29 is 41.4 Å². The third kappa shape index (κ3) is 3.61. The summed E-state index contributed by atoms with van der Waals surface area (Å²) in [7, 11) is 0. The van der Waals surface area contributed by atoms with Crippen LogP contribution in [0, 0.1) is 34.5 Å². The van der Waals surface area contributed by atoms with Gasteiger partial charge >= 0.3 is 11.9 Å². The molecule has 1 aromatic heterocycles. The number of nitrogens with zero attached hydrogens (tertiary/aromatic N) is 4. The zero-order valence-corrected chi connectivity index (χ0v) is 19.6. The number of carboxylic acids is 1. The fourth-order valence-electron chi connectivity index (χ4n) is 5.56. The van der Waals surface area contributed by atoms with Crippen molar-refractivity contribution in [2.24, 2.45) is 10.4 Å². The molecule has 14 heteroatoms. The lowest BCUT2D eigenvalue weighted by molar-refractivity contribution is -0.155. The zero-order chi connectivity index (χ0) is 27.8. The third-order valence-corrected chi connectivity index (χ3v) is 7.41. The van der Waals surface area contributed by atoms with E-state index in [4.69, 9.17) is 20.6 Å². The van der Waals surface area contributed by atoms with Gasteiger partial charge in [0.05, 0.1) is 23.0 Å². The molecule has 3 unspecified atom stereocenters. The van der Waals surface area contributed by atoms with Crippen LogP contribution in [-0.2, 0) is 9.59 Å². The highest BCUT2D eigenvalue weighted by molar-refractivity contribution is 6.31. The summed E-state index contributed by atoms with van der Waals surface area (Å²) >= 11 is 0. The summed E-state index contributed by atoms with van der Waals surface area (Å²) in [5.41, 5.74) is 6.24. The molecule has 6 rings (SSSR count). The number of aliphatic imine (C=N–C) groups is 1.